The number of benzene rings is 2. The van der Waals surface area contributed by atoms with Crippen LogP contribution in [0, 0.1) is 17.8 Å². The molecule has 0 radical (unpaired) electrons. The Morgan fingerprint density at radius 3 is 2.76 bits per heavy atom. The van der Waals surface area contributed by atoms with Gasteiger partial charge in [-0.3, -0.25) is 9.59 Å². The van der Waals surface area contributed by atoms with Crippen molar-refractivity contribution in [3.05, 3.63) is 59.2 Å². The molecule has 2 aromatic rings. The first-order valence-electron chi connectivity index (χ1n) is 13.5. The molecule has 37 heavy (non-hydrogen) atoms. The maximum absolute atomic E-state index is 13.6. The Bertz CT molecular complexity index is 1310. The predicted molar refractivity (Wildman–Crippen MR) is 140 cm³/mol. The van der Waals surface area contributed by atoms with Gasteiger partial charge in [-0.1, -0.05) is 44.0 Å². The Labute approximate surface area is 218 Å². The third-order valence-corrected chi connectivity index (χ3v) is 8.74. The van der Waals surface area contributed by atoms with Crippen molar-refractivity contribution in [1.29, 1.82) is 0 Å². The van der Waals surface area contributed by atoms with Crippen molar-refractivity contribution in [3.8, 4) is 23.3 Å². The number of amides is 1. The van der Waals surface area contributed by atoms with Gasteiger partial charge in [0.2, 0.25) is 0 Å². The lowest BCUT2D eigenvalue weighted by molar-refractivity contribution is -0.193. The average Bonchev–Trinajstić information content (AvgIpc) is 3.66. The molecular weight excluding hydrogens is 464 g/mol. The number of hydrogen-bond acceptors (Lipinski definition) is 5. The van der Waals surface area contributed by atoms with Gasteiger partial charge in [-0.05, 0) is 68.3 Å². The minimum atomic E-state index is -0.633. The second-order valence-electron chi connectivity index (χ2n) is 11.4. The minimum Gasteiger partial charge on any atom is -0.457 e. The minimum absolute atomic E-state index is 0.0122. The molecule has 6 nitrogen and oxygen atoms in total. The highest BCUT2D eigenvalue weighted by molar-refractivity contribution is 5.94. The van der Waals surface area contributed by atoms with Crippen LogP contribution in [-0.2, 0) is 26.2 Å². The molecule has 2 fully saturated rings. The summed E-state index contributed by atoms with van der Waals surface area (Å²) in [6.45, 7) is 7.29. The Kier molecular flexibility index (Phi) is 5.80. The van der Waals surface area contributed by atoms with E-state index in [9.17, 15) is 9.59 Å². The van der Waals surface area contributed by atoms with E-state index < -0.39 is 5.60 Å². The van der Waals surface area contributed by atoms with Crippen LogP contribution in [0.25, 0.3) is 0 Å². The third-order valence-electron chi connectivity index (χ3n) is 8.74. The molecule has 192 valence electrons. The number of hydrogen-bond donors (Lipinski definition) is 1. The van der Waals surface area contributed by atoms with E-state index in [4.69, 9.17) is 9.47 Å². The van der Waals surface area contributed by atoms with E-state index in [0.717, 1.165) is 49.3 Å². The number of carbonyl (C=O) groups is 2. The number of fused-ring (bicyclic) bond motifs is 3. The number of esters is 1. The lowest BCUT2D eigenvalue weighted by Gasteiger charge is -2.63. The van der Waals surface area contributed by atoms with E-state index in [-0.39, 0.29) is 29.4 Å². The Balaban J connectivity index is 1.40. The van der Waals surface area contributed by atoms with Gasteiger partial charge < -0.3 is 19.7 Å². The number of carbonyl (C=O) groups excluding carboxylic acids is 2. The summed E-state index contributed by atoms with van der Waals surface area (Å²) in [5.74, 6) is 7.86. The molecule has 4 atom stereocenters. The standard InChI is InChI=1S/C31H34N2O4/c1-20(2)19-33(28(35)12-9-22-7-5-4-6-8-22)23-13-14-31(37-21(3)34)27-17-24-25(10-11-26-29(24)36-26)30(31,18-23)15-16-32-27/h4-8,10-11,20,23,27,32H,13-19H2,1-3H3/t23-,27+,30+,31+/m0/s1. The van der Waals surface area contributed by atoms with E-state index in [1.54, 1.807) is 0 Å². The van der Waals surface area contributed by atoms with Crippen LogP contribution >= 0.6 is 0 Å². The molecular formula is C31H34N2O4. The fraction of sp³-hybridized carbons (Fsp3) is 0.484. The number of ether oxygens (including phenoxy) is 2. The van der Waals surface area contributed by atoms with Gasteiger partial charge in [0.15, 0.2) is 11.5 Å². The summed E-state index contributed by atoms with van der Waals surface area (Å²) in [7, 11) is 0. The summed E-state index contributed by atoms with van der Waals surface area (Å²) in [6.07, 6.45) is 3.86. The highest BCUT2D eigenvalue weighted by Crippen LogP contribution is 2.63. The van der Waals surface area contributed by atoms with Crippen molar-refractivity contribution < 1.29 is 19.1 Å². The molecule has 2 aliphatic carbocycles. The molecule has 2 heterocycles. The first-order valence-corrected chi connectivity index (χ1v) is 13.5. The second kappa shape index (κ2) is 8.92. The van der Waals surface area contributed by atoms with Crippen LogP contribution in [0.1, 0.15) is 63.1 Å². The Hall–Kier alpha value is -3.30. The highest BCUT2D eigenvalue weighted by Gasteiger charge is 2.67. The first-order chi connectivity index (χ1) is 17.8. The molecule has 2 bridgehead atoms. The van der Waals surface area contributed by atoms with Crippen molar-refractivity contribution in [2.75, 3.05) is 13.1 Å². The van der Waals surface area contributed by atoms with Gasteiger partial charge in [0.1, 0.15) is 5.60 Å². The summed E-state index contributed by atoms with van der Waals surface area (Å²) in [5.41, 5.74) is 2.30. The summed E-state index contributed by atoms with van der Waals surface area (Å²) < 4.78 is 12.2. The first kappa shape index (κ1) is 24.1. The van der Waals surface area contributed by atoms with Gasteiger partial charge >= 0.3 is 5.97 Å². The maximum Gasteiger partial charge on any atom is 0.303 e. The van der Waals surface area contributed by atoms with Crippen LogP contribution in [0.3, 0.4) is 0 Å². The molecule has 1 amide bonds. The molecule has 6 heteroatoms. The van der Waals surface area contributed by atoms with Gasteiger partial charge in [0, 0.05) is 42.0 Å². The normalized spacial score (nSPS) is 28.4. The van der Waals surface area contributed by atoms with Gasteiger partial charge in [-0.15, -0.1) is 0 Å². The zero-order valence-corrected chi connectivity index (χ0v) is 21.8. The highest BCUT2D eigenvalue weighted by atomic mass is 16.6. The number of rotatable bonds is 4. The second-order valence-corrected chi connectivity index (χ2v) is 11.4. The molecule has 0 spiro atoms. The molecule has 0 unspecified atom stereocenters. The van der Waals surface area contributed by atoms with E-state index in [1.165, 1.54) is 18.1 Å². The quantitative estimate of drug-likeness (QED) is 0.329. The summed E-state index contributed by atoms with van der Waals surface area (Å²) in [6, 6.07) is 13.9. The van der Waals surface area contributed by atoms with Crippen molar-refractivity contribution in [2.45, 2.75) is 76.0 Å². The molecule has 1 saturated heterocycles. The number of piperidine rings is 1. The van der Waals surface area contributed by atoms with Crippen LogP contribution < -0.4 is 10.1 Å². The summed E-state index contributed by atoms with van der Waals surface area (Å²) in [4.78, 5) is 28.1. The molecule has 1 N–H and O–H groups in total. The largest absolute Gasteiger partial charge is 0.457 e. The smallest absolute Gasteiger partial charge is 0.303 e. The lowest BCUT2D eigenvalue weighted by atomic mass is 9.49. The number of nitrogens with one attached hydrogen (secondary N) is 1. The summed E-state index contributed by atoms with van der Waals surface area (Å²) >= 11 is 0. The maximum atomic E-state index is 13.6. The molecule has 6 rings (SSSR count). The summed E-state index contributed by atoms with van der Waals surface area (Å²) in [5, 5.41) is 3.68. The monoisotopic (exact) mass is 498 g/mol. The fourth-order valence-electron chi connectivity index (χ4n) is 7.35. The van der Waals surface area contributed by atoms with Crippen LogP contribution in [0.4, 0.5) is 0 Å². The van der Waals surface area contributed by atoms with Gasteiger partial charge in [-0.25, -0.2) is 0 Å². The topological polar surface area (TPSA) is 71.2 Å². The van der Waals surface area contributed by atoms with E-state index in [2.05, 4.69) is 43.1 Å². The molecule has 2 aromatic carbocycles. The average molecular weight is 499 g/mol. The molecule has 0 aromatic heterocycles. The van der Waals surface area contributed by atoms with Crippen molar-refractivity contribution in [1.82, 2.24) is 10.2 Å². The Morgan fingerprint density at radius 1 is 1.19 bits per heavy atom. The van der Waals surface area contributed by atoms with E-state index in [0.29, 0.717) is 18.9 Å². The zero-order valence-electron chi connectivity index (χ0n) is 21.8. The number of nitrogens with zero attached hydrogens (tertiary/aromatic N) is 1. The predicted octanol–water partition coefficient (Wildman–Crippen LogP) is 4.34. The lowest BCUT2D eigenvalue weighted by Crippen LogP contribution is -2.75. The fourth-order valence-corrected chi connectivity index (χ4v) is 7.35. The van der Waals surface area contributed by atoms with Crippen LogP contribution in [-0.4, -0.2) is 47.6 Å². The molecule has 1 saturated carbocycles. The van der Waals surface area contributed by atoms with Crippen molar-refractivity contribution in [3.63, 3.8) is 0 Å². The van der Waals surface area contributed by atoms with Crippen molar-refractivity contribution in [2.24, 2.45) is 5.92 Å². The van der Waals surface area contributed by atoms with Gasteiger partial charge in [0.25, 0.3) is 5.91 Å². The van der Waals surface area contributed by atoms with Crippen LogP contribution in [0.2, 0.25) is 0 Å². The SMILES string of the molecule is CC(=O)O[C@@]12CC[C@H](N(CC(C)C)C(=O)C#Cc3ccccc3)C[C@@]13CCN[C@@H]2Cc1c3ccc2c1O2. The van der Waals surface area contributed by atoms with E-state index in [1.807, 2.05) is 35.2 Å². The van der Waals surface area contributed by atoms with Gasteiger partial charge in [-0.2, -0.15) is 0 Å². The van der Waals surface area contributed by atoms with Gasteiger partial charge in [0.05, 0.1) is 6.04 Å². The van der Waals surface area contributed by atoms with E-state index >= 15 is 0 Å². The molecule has 4 aliphatic rings. The third kappa shape index (κ3) is 3.92. The van der Waals surface area contributed by atoms with Crippen LogP contribution in [0.15, 0.2) is 42.5 Å². The van der Waals surface area contributed by atoms with Crippen LogP contribution in [0.5, 0.6) is 11.5 Å². The Morgan fingerprint density at radius 2 is 2.00 bits per heavy atom. The zero-order chi connectivity index (χ0) is 25.8. The van der Waals surface area contributed by atoms with Crippen molar-refractivity contribution >= 4 is 11.9 Å². The molecule has 2 aliphatic heterocycles.